The Morgan fingerprint density at radius 1 is 0.970 bits per heavy atom. The Morgan fingerprint density at radius 3 is 2.39 bits per heavy atom. The summed E-state index contributed by atoms with van der Waals surface area (Å²) in [4.78, 5) is 17.5. The third kappa shape index (κ3) is 5.40. The van der Waals surface area contributed by atoms with E-state index in [1.807, 2.05) is 67.6 Å². The second kappa shape index (κ2) is 9.46. The van der Waals surface area contributed by atoms with E-state index in [0.29, 0.717) is 17.7 Å². The van der Waals surface area contributed by atoms with E-state index in [9.17, 15) is 13.2 Å². The predicted molar refractivity (Wildman–Crippen MR) is 131 cm³/mol. The Kier molecular flexibility index (Phi) is 6.46. The summed E-state index contributed by atoms with van der Waals surface area (Å²) in [7, 11) is -3.43. The van der Waals surface area contributed by atoms with Gasteiger partial charge in [0.15, 0.2) is 0 Å². The van der Waals surface area contributed by atoms with Crippen molar-refractivity contribution in [1.29, 1.82) is 0 Å². The van der Waals surface area contributed by atoms with Gasteiger partial charge in [-0.3, -0.25) is 14.1 Å². The van der Waals surface area contributed by atoms with Crippen LogP contribution in [0.25, 0.3) is 16.7 Å². The third-order valence-corrected chi connectivity index (χ3v) is 5.91. The minimum absolute atomic E-state index is 0.136. The van der Waals surface area contributed by atoms with Crippen LogP contribution in [0.4, 0.5) is 5.69 Å². The molecule has 4 rings (SSSR count). The molecule has 7 nitrogen and oxygen atoms in total. The smallest absolute Gasteiger partial charge is 0.229 e. The monoisotopic (exact) mass is 462 g/mol. The molecule has 0 fully saturated rings. The minimum Gasteiger partial charge on any atom is -0.349 e. The normalized spacial score (nSPS) is 12.4. The van der Waals surface area contributed by atoms with E-state index in [1.165, 1.54) is 0 Å². The zero-order valence-electron chi connectivity index (χ0n) is 18.5. The zero-order valence-corrected chi connectivity index (χ0v) is 19.3. The molecule has 1 heterocycles. The fraction of sp³-hybridized carbons (Fsp3) is 0.200. The molecule has 4 aromatic rings. The van der Waals surface area contributed by atoms with E-state index in [1.54, 1.807) is 18.2 Å². The van der Waals surface area contributed by atoms with Crippen LogP contribution in [0, 0.1) is 0 Å². The molecular formula is C25H26N4O3S. The number of nitrogens with zero attached hydrogens (tertiary/aromatic N) is 2. The van der Waals surface area contributed by atoms with Gasteiger partial charge in [-0.05, 0) is 42.8 Å². The van der Waals surface area contributed by atoms with Gasteiger partial charge in [-0.15, -0.1) is 0 Å². The molecule has 1 amide bonds. The number of amides is 1. The van der Waals surface area contributed by atoms with E-state index in [0.717, 1.165) is 28.8 Å². The second-order valence-corrected chi connectivity index (χ2v) is 9.69. The molecule has 0 saturated heterocycles. The maximum atomic E-state index is 12.8. The van der Waals surface area contributed by atoms with E-state index < -0.39 is 10.0 Å². The quantitative estimate of drug-likeness (QED) is 0.410. The average Bonchev–Trinajstić information content (AvgIpc) is 3.16. The molecule has 33 heavy (non-hydrogen) atoms. The van der Waals surface area contributed by atoms with Crippen molar-refractivity contribution < 1.29 is 13.2 Å². The zero-order chi connectivity index (χ0) is 23.4. The van der Waals surface area contributed by atoms with Crippen molar-refractivity contribution in [1.82, 2.24) is 14.9 Å². The summed E-state index contributed by atoms with van der Waals surface area (Å²) in [6.07, 6.45) is 1.82. The highest BCUT2D eigenvalue weighted by molar-refractivity contribution is 7.92. The third-order valence-electron chi connectivity index (χ3n) is 5.32. The maximum absolute atomic E-state index is 12.8. The molecule has 0 spiro atoms. The molecule has 2 N–H and O–H groups in total. The summed E-state index contributed by atoms with van der Waals surface area (Å²) >= 11 is 0. The highest BCUT2D eigenvalue weighted by atomic mass is 32.2. The summed E-state index contributed by atoms with van der Waals surface area (Å²) in [6.45, 7) is 1.83. The summed E-state index contributed by atoms with van der Waals surface area (Å²) in [5, 5.41) is 2.97. The number of aryl methyl sites for hydroxylation is 1. The first-order valence-electron chi connectivity index (χ1n) is 10.7. The van der Waals surface area contributed by atoms with Gasteiger partial charge < -0.3 is 5.32 Å². The van der Waals surface area contributed by atoms with Crippen LogP contribution in [-0.2, 0) is 21.2 Å². The number of anilines is 1. The predicted octanol–water partition coefficient (Wildman–Crippen LogP) is 4.21. The minimum atomic E-state index is -3.43. The van der Waals surface area contributed by atoms with Crippen LogP contribution in [0.2, 0.25) is 0 Å². The van der Waals surface area contributed by atoms with E-state index in [-0.39, 0.29) is 18.4 Å². The topological polar surface area (TPSA) is 93.1 Å². The molecule has 0 radical (unpaired) electrons. The lowest BCUT2D eigenvalue weighted by Gasteiger charge is -2.18. The largest absolute Gasteiger partial charge is 0.349 e. The molecule has 0 bridgehead atoms. The van der Waals surface area contributed by atoms with Crippen LogP contribution in [0.5, 0.6) is 0 Å². The molecule has 8 heteroatoms. The van der Waals surface area contributed by atoms with Crippen molar-refractivity contribution in [3.05, 3.63) is 90.3 Å². The summed E-state index contributed by atoms with van der Waals surface area (Å²) in [6, 6.07) is 24.5. The Balaban J connectivity index is 1.50. The Morgan fingerprint density at radius 2 is 1.64 bits per heavy atom. The van der Waals surface area contributed by atoms with Crippen LogP contribution in [0.3, 0.4) is 0 Å². The second-order valence-electron chi connectivity index (χ2n) is 7.94. The fourth-order valence-corrected chi connectivity index (χ4v) is 4.48. The highest BCUT2D eigenvalue weighted by Crippen LogP contribution is 2.24. The van der Waals surface area contributed by atoms with Crippen molar-refractivity contribution in [2.24, 2.45) is 0 Å². The standard InChI is InChI=1S/C25H26N4O3S/c1-18(20-12-6-7-13-21(20)28-33(2,31)32)26-25(30)17-16-24-27-22-14-8-9-15-23(22)29(24)19-10-4-3-5-11-19/h3-15,18,28H,16-17H2,1-2H3,(H,26,30). The molecule has 1 atom stereocenters. The van der Waals surface area contributed by atoms with Crippen molar-refractivity contribution in [3.8, 4) is 5.69 Å². The lowest BCUT2D eigenvalue weighted by Crippen LogP contribution is -2.28. The summed E-state index contributed by atoms with van der Waals surface area (Å²) in [5.74, 6) is 0.674. The van der Waals surface area contributed by atoms with Crippen molar-refractivity contribution in [3.63, 3.8) is 0 Å². The number of fused-ring (bicyclic) bond motifs is 1. The molecular weight excluding hydrogens is 436 g/mol. The number of hydrogen-bond acceptors (Lipinski definition) is 4. The summed E-state index contributed by atoms with van der Waals surface area (Å²) in [5.41, 5.74) is 4.03. The number of benzene rings is 3. The SMILES string of the molecule is CC(NC(=O)CCc1nc2ccccc2n1-c1ccccc1)c1ccccc1NS(C)(=O)=O. The number of rotatable bonds is 8. The molecule has 0 aliphatic carbocycles. The van der Waals surface area contributed by atoms with E-state index in [2.05, 4.69) is 14.6 Å². The van der Waals surface area contributed by atoms with Gasteiger partial charge in [-0.1, -0.05) is 48.5 Å². The van der Waals surface area contributed by atoms with Crippen LogP contribution >= 0.6 is 0 Å². The number of carbonyl (C=O) groups excluding carboxylic acids is 1. The number of sulfonamides is 1. The van der Waals surface area contributed by atoms with Gasteiger partial charge in [0, 0.05) is 18.5 Å². The van der Waals surface area contributed by atoms with Gasteiger partial charge in [-0.25, -0.2) is 13.4 Å². The Bertz CT molecular complexity index is 1380. The molecule has 3 aromatic carbocycles. The van der Waals surface area contributed by atoms with Gasteiger partial charge in [-0.2, -0.15) is 0 Å². The van der Waals surface area contributed by atoms with Gasteiger partial charge >= 0.3 is 0 Å². The molecule has 0 aliphatic rings. The number of para-hydroxylation sites is 4. The summed E-state index contributed by atoms with van der Waals surface area (Å²) < 4.78 is 27.9. The van der Waals surface area contributed by atoms with Gasteiger partial charge in [0.05, 0.1) is 29.0 Å². The molecule has 1 aromatic heterocycles. The van der Waals surface area contributed by atoms with Crippen LogP contribution in [0.1, 0.15) is 30.8 Å². The van der Waals surface area contributed by atoms with Gasteiger partial charge in [0.1, 0.15) is 5.82 Å². The van der Waals surface area contributed by atoms with E-state index >= 15 is 0 Å². The van der Waals surface area contributed by atoms with Crippen molar-refractivity contribution in [2.45, 2.75) is 25.8 Å². The lowest BCUT2D eigenvalue weighted by atomic mass is 10.1. The first-order valence-corrected chi connectivity index (χ1v) is 12.6. The first kappa shape index (κ1) is 22.5. The number of nitrogens with one attached hydrogen (secondary N) is 2. The maximum Gasteiger partial charge on any atom is 0.229 e. The Hall–Kier alpha value is -3.65. The van der Waals surface area contributed by atoms with E-state index in [4.69, 9.17) is 4.98 Å². The van der Waals surface area contributed by atoms with Crippen LogP contribution in [0.15, 0.2) is 78.9 Å². The number of imidazole rings is 1. The van der Waals surface area contributed by atoms with Gasteiger partial charge in [0.25, 0.3) is 0 Å². The van der Waals surface area contributed by atoms with Crippen LogP contribution < -0.4 is 10.0 Å². The molecule has 0 aliphatic heterocycles. The molecule has 1 unspecified atom stereocenters. The molecule has 170 valence electrons. The fourth-order valence-electron chi connectivity index (χ4n) is 3.89. The highest BCUT2D eigenvalue weighted by Gasteiger charge is 2.17. The van der Waals surface area contributed by atoms with Crippen molar-refractivity contribution in [2.75, 3.05) is 11.0 Å². The average molecular weight is 463 g/mol. The van der Waals surface area contributed by atoms with Gasteiger partial charge in [0.2, 0.25) is 15.9 Å². The molecule has 0 saturated carbocycles. The number of aromatic nitrogens is 2. The van der Waals surface area contributed by atoms with Crippen LogP contribution in [-0.4, -0.2) is 30.1 Å². The Labute approximate surface area is 193 Å². The van der Waals surface area contributed by atoms with Crippen molar-refractivity contribution >= 4 is 32.7 Å². The number of carbonyl (C=O) groups is 1. The lowest BCUT2D eigenvalue weighted by molar-refractivity contribution is -0.121. The number of hydrogen-bond donors (Lipinski definition) is 2. The first-order chi connectivity index (χ1) is 15.8.